The summed E-state index contributed by atoms with van der Waals surface area (Å²) in [6.07, 6.45) is 3.69. The van der Waals surface area contributed by atoms with Crippen LogP contribution in [0.15, 0.2) is 384 Å². The number of nitro benzene ring substituents is 4. The number of nitrogen functional groups attached to an aromatic ring is 2. The van der Waals surface area contributed by atoms with Gasteiger partial charge in [0.05, 0.1) is 64.8 Å². The zero-order valence-electron chi connectivity index (χ0n) is 67.3. The number of H-pyrrole nitrogens is 6. The quantitative estimate of drug-likeness (QED) is 0.0113. The van der Waals surface area contributed by atoms with Gasteiger partial charge in [-0.25, -0.2) is 9.67 Å². The third-order valence-electron chi connectivity index (χ3n) is 18.8. The molecule has 8 heterocycles. The fourth-order valence-electron chi connectivity index (χ4n) is 12.8. The molecule has 0 saturated heterocycles. The zero-order valence-corrected chi connectivity index (χ0v) is 70.3. The molecule has 632 valence electrons. The van der Waals surface area contributed by atoms with E-state index in [2.05, 4.69) is 60.4 Å². The van der Waals surface area contributed by atoms with E-state index in [1.807, 2.05) is 194 Å². The summed E-state index contributed by atoms with van der Waals surface area (Å²) in [4.78, 5) is 143. The Morgan fingerprint density at radius 1 is 0.341 bits per heavy atom. The molecule has 10 N–H and O–H groups in total. The summed E-state index contributed by atoms with van der Waals surface area (Å²) in [5, 5.41) is 64.3. The van der Waals surface area contributed by atoms with Crippen molar-refractivity contribution >= 4 is 85.6 Å². The van der Waals surface area contributed by atoms with Crippen molar-refractivity contribution in [2.75, 3.05) is 11.5 Å². The Kier molecular flexibility index (Phi) is 29.5. The molecular weight excluding hydrogens is 1700 g/mol. The van der Waals surface area contributed by atoms with Crippen LogP contribution in [0.2, 0.25) is 0 Å². The van der Waals surface area contributed by atoms with E-state index in [9.17, 15) is 74.0 Å². The van der Waals surface area contributed by atoms with Crippen molar-refractivity contribution in [1.29, 1.82) is 0 Å². The molecule has 0 spiro atoms. The number of carbonyl (C=O) groups excluding carboxylic acids is 1. The van der Waals surface area contributed by atoms with Crippen LogP contribution >= 0.6 is 0 Å². The van der Waals surface area contributed by atoms with Gasteiger partial charge in [0.15, 0.2) is 23.3 Å². The minimum atomic E-state index is -0.580. The number of carbonyl (C=O) groups is 1. The number of azo groups is 1. The monoisotopic (exact) mass is 1770 g/mol. The Hall–Kier alpha value is -18.5. The average molecular weight is 1770 g/mol. The normalized spacial score (nSPS) is 10.6. The molecule has 0 fully saturated rings. The van der Waals surface area contributed by atoms with Crippen LogP contribution in [-0.2, 0) is 19.5 Å². The Bertz CT molecular complexity index is 7240. The first-order valence-corrected chi connectivity index (χ1v) is 38.4. The fourth-order valence-corrected chi connectivity index (χ4v) is 12.8. The molecule has 0 atom stereocenters. The van der Waals surface area contributed by atoms with Crippen LogP contribution in [0.4, 0.5) is 51.2 Å². The number of para-hydroxylation sites is 5. The Morgan fingerprint density at radius 2 is 0.729 bits per heavy atom. The minimum Gasteiger partial charge on any atom is -0.394 e. The number of aromatic amines is 6. The predicted octanol–water partition coefficient (Wildman–Crippen LogP) is 17.1. The van der Waals surface area contributed by atoms with Gasteiger partial charge in [-0.3, -0.25) is 74.0 Å². The van der Waals surface area contributed by atoms with Crippen LogP contribution in [0.5, 0.6) is 0 Å². The number of benzene rings is 6. The second kappa shape index (κ2) is 42.4. The number of aromatic nitrogens is 11. The molecule has 0 bridgehead atoms. The molecule has 8 aromatic rings. The molecule has 0 saturated carbocycles. The van der Waals surface area contributed by atoms with Gasteiger partial charge in [0.1, 0.15) is 33.8 Å². The summed E-state index contributed by atoms with van der Waals surface area (Å²) in [5.74, 6) is 0. The number of hydrogen-bond acceptors (Lipinski definition) is 23. The largest absolute Gasteiger partial charge is 0.394 e. The number of aliphatic imine (C=N–C) groups is 1. The summed E-state index contributed by atoms with van der Waals surface area (Å²) in [6.45, 7) is 0. The van der Waals surface area contributed by atoms with Gasteiger partial charge >= 0.3 is 0 Å². The van der Waals surface area contributed by atoms with E-state index in [-0.39, 0.29) is 104 Å². The number of fused-ring (bicyclic) bond motifs is 8. The van der Waals surface area contributed by atoms with E-state index < -0.39 is 19.7 Å². The molecule has 6 aromatic carbocycles. The van der Waals surface area contributed by atoms with Crippen molar-refractivity contribution in [3.63, 3.8) is 0 Å². The Balaban J connectivity index is 0.000000136. The first-order chi connectivity index (χ1) is 62.1. The maximum atomic E-state index is 12.2. The number of nitrogens with zero attached hydrogens (tertiary/aromatic N) is 12. The van der Waals surface area contributed by atoms with Crippen molar-refractivity contribution in [2.45, 2.75) is 0 Å². The Morgan fingerprint density at radius 3 is 1.26 bits per heavy atom. The maximum absolute atomic E-state index is 12.2. The Labute approximate surface area is 739 Å². The standard InChI is InChI=1S/C16H11N3O3.C16H11N3O.C15H10N4O3.C15H10N4O.C9H8N2O.C9H7NO.C7H5NO3.C6H6N2O2.Zn/c20-16-15(12-7-2-1-3-8-13(12)18-16)17-10-11-6-4-5-9-14(11)19(21)22;20-16-15(12-7-2-1-3-9-14(12)17-16)19-10-11-6-4-5-8-13(11)18-19;20-15-14(10-6-2-1-3-7-11(10)16-15)18-17-12-8-4-5-9-13(12)19(21)22;20-15-14(10-6-2-1-3-7-11(10)16-15)19-17-12-8-4-5-9-13(12)18-19;10-8-6-4-2-1-3-5-7(6)11-9(8)12;11-9-6-7-4-2-1-3-5-8(7)10-9;9-5-6-3-1-2-4-7(6)8(10)11;7-5-3-1-2-4-6(5)8(9)10;/h1-10H,(H,18,20);1-10H,(H,17,20);1-9H,(H,16,20);1-9H,(H,16,20);1-5H,10H2,(H,11,12);1-6H,(H,10,11);1-5H;1-4H,7H2;. The van der Waals surface area contributed by atoms with Crippen molar-refractivity contribution < 1.29 is 44.0 Å². The predicted molar refractivity (Wildman–Crippen MR) is 487 cm³/mol. The van der Waals surface area contributed by atoms with Gasteiger partial charge < -0.3 is 41.4 Å². The number of hydrogen-bond donors (Lipinski definition) is 8. The number of anilines is 2. The van der Waals surface area contributed by atoms with E-state index in [4.69, 9.17) is 11.5 Å². The molecule has 12 aliphatic rings. The smallest absolute Gasteiger partial charge is 0.296 e. The molecule has 129 heavy (non-hydrogen) atoms. The van der Waals surface area contributed by atoms with Gasteiger partial charge in [-0.15, -0.1) is 25.2 Å². The van der Waals surface area contributed by atoms with Crippen LogP contribution < -0.4 is 44.8 Å². The second-order valence-corrected chi connectivity index (χ2v) is 27.1. The van der Waals surface area contributed by atoms with Gasteiger partial charge in [0.2, 0.25) is 5.56 Å². The number of nitrogens with one attached hydrogen (secondary N) is 6. The van der Waals surface area contributed by atoms with Gasteiger partial charge in [-0.05, 0) is 78.9 Å². The van der Waals surface area contributed by atoms with Crippen molar-refractivity contribution in [2.24, 2.45) is 15.2 Å². The van der Waals surface area contributed by atoms with Crippen LogP contribution in [0.1, 0.15) is 15.9 Å². The average Bonchev–Trinajstić information content (AvgIpc) is 1.63. The van der Waals surface area contributed by atoms with Crippen LogP contribution in [-0.4, -0.2) is 86.9 Å². The summed E-state index contributed by atoms with van der Waals surface area (Å²) in [6, 6.07) is 96.8. The first kappa shape index (κ1) is 89.8. The number of rotatable bonds is 11. The van der Waals surface area contributed by atoms with Gasteiger partial charge in [-0.2, -0.15) is 5.10 Å². The molecule has 6 aliphatic carbocycles. The van der Waals surface area contributed by atoms with Gasteiger partial charge in [0.25, 0.3) is 50.5 Å². The molecule has 20 rings (SSSR count). The number of nitro groups is 4. The molecule has 6 aliphatic heterocycles. The van der Waals surface area contributed by atoms with Crippen molar-refractivity contribution in [1.82, 2.24) is 54.7 Å². The first-order valence-electron chi connectivity index (χ1n) is 38.4. The van der Waals surface area contributed by atoms with Crippen LogP contribution in [0.25, 0.3) is 101 Å². The topological polar surface area (TPSA) is 524 Å². The molecular formula is C93H68N20O15Zn. The summed E-state index contributed by atoms with van der Waals surface area (Å²) in [7, 11) is 0. The molecule has 0 amide bonds. The zero-order chi connectivity index (χ0) is 90.2. The van der Waals surface area contributed by atoms with Crippen LogP contribution in [0, 0.1) is 40.5 Å². The van der Waals surface area contributed by atoms with E-state index >= 15 is 0 Å². The molecule has 0 radical (unpaired) electrons. The van der Waals surface area contributed by atoms with E-state index in [0.29, 0.717) is 51.4 Å². The van der Waals surface area contributed by atoms with Crippen LogP contribution in [0.3, 0.4) is 0 Å². The maximum Gasteiger partial charge on any atom is 0.296 e. The van der Waals surface area contributed by atoms with Crippen molar-refractivity contribution in [3.05, 3.63) is 454 Å². The number of nitrogens with two attached hydrogens (primary N) is 2. The molecule has 35 nitrogen and oxygen atoms in total. The fraction of sp³-hybridized carbons (Fsp3) is 0. The summed E-state index contributed by atoms with van der Waals surface area (Å²) in [5.41, 5.74) is 23.2. The molecule has 0 unspecified atom stereocenters. The van der Waals surface area contributed by atoms with Gasteiger partial charge in [-0.1, -0.05) is 224 Å². The van der Waals surface area contributed by atoms with E-state index in [0.717, 1.165) is 67.0 Å². The number of aldehydes is 1. The minimum absolute atomic E-state index is 0. The van der Waals surface area contributed by atoms with Gasteiger partial charge in [0, 0.05) is 107 Å². The SMILES string of the molecule is Nc1c2cccccc-2[nH]c1=O.Nc1ccccc1[N+](=O)[O-].O=Cc1ccccc1[N+](=O)[O-].O=c1[nH]c2cccccc-2c1-n1cc2ccccc2n1.O=c1[nH]c2cccccc-2c1-n1nc2ccccc2n1.O=c1[nH]c2cccccc-2c1N=Cc1ccccc1[N+](=O)[O-].O=c1[nH]c2cccccc-2c1N=Nc1ccccc1[N+](=O)[O-].O=c1cc2cccccc-2[nH]1.[Zn]. The van der Waals surface area contributed by atoms with Crippen molar-refractivity contribution in [3.8, 4) is 78.9 Å². The summed E-state index contributed by atoms with van der Waals surface area (Å²) >= 11 is 0. The third-order valence-corrected chi connectivity index (χ3v) is 18.8. The third kappa shape index (κ3) is 22.1. The molecule has 2 aromatic heterocycles. The summed E-state index contributed by atoms with van der Waals surface area (Å²) < 4.78 is 1.66. The van der Waals surface area contributed by atoms with E-state index in [1.54, 1.807) is 102 Å². The van der Waals surface area contributed by atoms with E-state index in [1.165, 1.54) is 59.5 Å². The second-order valence-electron chi connectivity index (χ2n) is 27.1. The molecule has 36 heteroatoms.